The molecule has 0 fully saturated rings. The van der Waals surface area contributed by atoms with Crippen LogP contribution in [-0.2, 0) is 9.53 Å². The first-order valence-corrected chi connectivity index (χ1v) is 9.22. The van der Waals surface area contributed by atoms with Crippen LogP contribution in [0.1, 0.15) is 17.3 Å². The van der Waals surface area contributed by atoms with Gasteiger partial charge in [0.1, 0.15) is 5.57 Å². The van der Waals surface area contributed by atoms with Gasteiger partial charge in [0.15, 0.2) is 11.5 Å². The summed E-state index contributed by atoms with van der Waals surface area (Å²) in [5.74, 6) is 0.153. The number of Topliss-reactive ketones (excluding diaryl/α,β-unsaturated/α-hetero) is 1. The third kappa shape index (κ3) is 3.91. The topological polar surface area (TPSA) is 73.9 Å². The van der Waals surface area contributed by atoms with Crippen LogP contribution >= 0.6 is 0 Å². The maximum atomic E-state index is 13.1. The normalized spacial score (nSPS) is 12.7. The van der Waals surface area contributed by atoms with E-state index in [2.05, 4.69) is 5.32 Å². The number of esters is 1. The van der Waals surface area contributed by atoms with Crippen LogP contribution in [0, 0.1) is 0 Å². The second kappa shape index (κ2) is 8.06. The quantitative estimate of drug-likeness (QED) is 0.223. The molecule has 0 bridgehead atoms. The van der Waals surface area contributed by atoms with Gasteiger partial charge in [-0.25, -0.2) is 4.79 Å². The van der Waals surface area contributed by atoms with Crippen molar-refractivity contribution in [3.63, 3.8) is 0 Å². The highest BCUT2D eigenvalue weighted by molar-refractivity contribution is 6.24. The Morgan fingerprint density at radius 1 is 1.00 bits per heavy atom. The number of rotatable bonds is 6. The Morgan fingerprint density at radius 2 is 1.79 bits per heavy atom. The summed E-state index contributed by atoms with van der Waals surface area (Å²) in [4.78, 5) is 25.5. The lowest BCUT2D eigenvalue weighted by Crippen LogP contribution is -2.17. The summed E-state index contributed by atoms with van der Waals surface area (Å²) in [7, 11) is 0. The van der Waals surface area contributed by atoms with Crippen LogP contribution in [-0.4, -0.2) is 25.2 Å². The van der Waals surface area contributed by atoms with Crippen molar-refractivity contribution in [3.8, 4) is 11.5 Å². The first-order chi connectivity index (χ1) is 14.2. The van der Waals surface area contributed by atoms with Gasteiger partial charge in [0.2, 0.25) is 12.6 Å². The van der Waals surface area contributed by atoms with Gasteiger partial charge in [-0.2, -0.15) is 0 Å². The minimum absolute atomic E-state index is 0.0835. The molecule has 1 aliphatic heterocycles. The summed E-state index contributed by atoms with van der Waals surface area (Å²) in [6, 6.07) is 18.3. The van der Waals surface area contributed by atoms with E-state index in [0.29, 0.717) is 22.7 Å². The molecule has 0 atom stereocenters. The van der Waals surface area contributed by atoms with Crippen LogP contribution in [0.4, 0.5) is 5.69 Å². The largest absolute Gasteiger partial charge is 0.462 e. The van der Waals surface area contributed by atoms with E-state index in [1.54, 1.807) is 37.3 Å². The summed E-state index contributed by atoms with van der Waals surface area (Å²) in [5, 5.41) is 4.92. The number of benzene rings is 3. The van der Waals surface area contributed by atoms with Gasteiger partial charge in [-0.05, 0) is 35.9 Å². The molecule has 0 spiro atoms. The van der Waals surface area contributed by atoms with Gasteiger partial charge in [0, 0.05) is 23.5 Å². The number of ketones is 1. The van der Waals surface area contributed by atoms with Gasteiger partial charge in [0.05, 0.1) is 6.61 Å². The van der Waals surface area contributed by atoms with E-state index < -0.39 is 11.8 Å². The number of carbonyl (C=O) groups is 2. The minimum atomic E-state index is -0.682. The van der Waals surface area contributed by atoms with Gasteiger partial charge < -0.3 is 19.5 Å². The average molecular weight is 389 g/mol. The fourth-order valence-corrected chi connectivity index (χ4v) is 3.05. The highest BCUT2D eigenvalue weighted by atomic mass is 16.7. The summed E-state index contributed by atoms with van der Waals surface area (Å²) < 4.78 is 15.7. The molecule has 6 nitrogen and oxygen atoms in total. The Labute approximate surface area is 167 Å². The maximum Gasteiger partial charge on any atom is 0.343 e. The molecule has 3 aromatic carbocycles. The van der Waals surface area contributed by atoms with Gasteiger partial charge in [-0.3, -0.25) is 4.79 Å². The van der Waals surface area contributed by atoms with Gasteiger partial charge in [0.25, 0.3) is 0 Å². The molecular weight excluding hydrogens is 370 g/mol. The molecule has 0 saturated carbocycles. The molecule has 1 N–H and O–H groups in total. The van der Waals surface area contributed by atoms with E-state index in [-0.39, 0.29) is 19.0 Å². The lowest BCUT2D eigenvalue weighted by atomic mass is 10.0. The molecular formula is C23H19NO5. The van der Waals surface area contributed by atoms with Crippen LogP contribution < -0.4 is 14.8 Å². The molecule has 146 valence electrons. The zero-order valence-corrected chi connectivity index (χ0v) is 15.8. The molecule has 0 aliphatic carbocycles. The van der Waals surface area contributed by atoms with Crippen LogP contribution in [0.2, 0.25) is 0 Å². The van der Waals surface area contributed by atoms with Gasteiger partial charge in [-0.1, -0.05) is 36.4 Å². The molecule has 29 heavy (non-hydrogen) atoms. The minimum Gasteiger partial charge on any atom is -0.462 e. The molecule has 0 aromatic heterocycles. The molecule has 4 rings (SSSR count). The third-order valence-electron chi connectivity index (χ3n) is 4.51. The second-order valence-electron chi connectivity index (χ2n) is 6.38. The predicted molar refractivity (Wildman–Crippen MR) is 109 cm³/mol. The second-order valence-corrected chi connectivity index (χ2v) is 6.38. The molecule has 1 heterocycles. The predicted octanol–water partition coefficient (Wildman–Crippen LogP) is 4.31. The van der Waals surface area contributed by atoms with Crippen molar-refractivity contribution in [3.05, 3.63) is 78.0 Å². The number of carbonyl (C=O) groups excluding carboxylic acids is 2. The van der Waals surface area contributed by atoms with Crippen LogP contribution in [0.25, 0.3) is 10.8 Å². The van der Waals surface area contributed by atoms with E-state index >= 15 is 0 Å². The van der Waals surface area contributed by atoms with Crippen molar-refractivity contribution in [2.75, 3.05) is 18.7 Å². The van der Waals surface area contributed by atoms with Crippen LogP contribution in [0.15, 0.2) is 72.4 Å². The van der Waals surface area contributed by atoms with Crippen molar-refractivity contribution in [2.45, 2.75) is 6.92 Å². The van der Waals surface area contributed by atoms with Gasteiger partial charge in [-0.15, -0.1) is 0 Å². The van der Waals surface area contributed by atoms with E-state index in [0.717, 1.165) is 10.8 Å². The Morgan fingerprint density at radius 3 is 2.62 bits per heavy atom. The van der Waals surface area contributed by atoms with Crippen molar-refractivity contribution >= 4 is 28.2 Å². The first-order valence-electron chi connectivity index (χ1n) is 9.22. The molecule has 0 saturated heterocycles. The molecule has 0 radical (unpaired) electrons. The van der Waals surface area contributed by atoms with Crippen LogP contribution in [0.3, 0.4) is 0 Å². The van der Waals surface area contributed by atoms with E-state index in [1.165, 1.54) is 6.20 Å². The standard InChI is InChI=1S/C23H19NO5/c1-2-27-23(26)19(13-24-18-9-10-20-21(12-18)29-14-28-20)22(25)17-8-7-15-5-3-4-6-16(15)11-17/h3-13,24H,2,14H2,1H3. The summed E-state index contributed by atoms with van der Waals surface area (Å²) in [6.45, 7) is 2.04. The maximum absolute atomic E-state index is 13.1. The zero-order valence-electron chi connectivity index (χ0n) is 15.8. The SMILES string of the molecule is CCOC(=O)C(=CNc1ccc2c(c1)OCO2)C(=O)c1ccc2ccccc2c1. The molecule has 3 aromatic rings. The van der Waals surface area contributed by atoms with Crippen LogP contribution in [0.5, 0.6) is 11.5 Å². The van der Waals surface area contributed by atoms with E-state index in [9.17, 15) is 9.59 Å². The van der Waals surface area contributed by atoms with E-state index in [1.807, 2.05) is 30.3 Å². The third-order valence-corrected chi connectivity index (χ3v) is 4.51. The van der Waals surface area contributed by atoms with E-state index in [4.69, 9.17) is 14.2 Å². The first kappa shape index (κ1) is 18.6. The molecule has 0 unspecified atom stereocenters. The van der Waals surface area contributed by atoms with Crippen molar-refractivity contribution in [1.82, 2.24) is 0 Å². The van der Waals surface area contributed by atoms with Gasteiger partial charge >= 0.3 is 5.97 Å². The molecule has 1 aliphatic rings. The van der Waals surface area contributed by atoms with Crippen molar-refractivity contribution in [2.24, 2.45) is 0 Å². The average Bonchev–Trinajstić information content (AvgIpc) is 3.21. The summed E-state index contributed by atoms with van der Waals surface area (Å²) >= 11 is 0. The zero-order chi connectivity index (χ0) is 20.2. The lowest BCUT2D eigenvalue weighted by molar-refractivity contribution is -0.138. The number of fused-ring (bicyclic) bond motifs is 2. The Kier molecular flexibility index (Phi) is 5.16. The fourth-order valence-electron chi connectivity index (χ4n) is 3.05. The Balaban J connectivity index is 1.64. The van der Waals surface area contributed by atoms with Crippen molar-refractivity contribution in [1.29, 1.82) is 0 Å². The Bertz CT molecular complexity index is 1120. The smallest absolute Gasteiger partial charge is 0.343 e. The number of hydrogen-bond donors (Lipinski definition) is 1. The lowest BCUT2D eigenvalue weighted by Gasteiger charge is -2.09. The monoisotopic (exact) mass is 389 g/mol. The highest BCUT2D eigenvalue weighted by Gasteiger charge is 2.22. The van der Waals surface area contributed by atoms with Crippen molar-refractivity contribution < 1.29 is 23.8 Å². The number of ether oxygens (including phenoxy) is 3. The number of anilines is 1. The number of nitrogens with one attached hydrogen (secondary N) is 1. The molecule has 6 heteroatoms. The summed E-state index contributed by atoms with van der Waals surface area (Å²) in [6.07, 6.45) is 1.37. The Hall–Kier alpha value is -3.80. The number of hydrogen-bond acceptors (Lipinski definition) is 6. The summed E-state index contributed by atoms with van der Waals surface area (Å²) in [5.41, 5.74) is 0.984. The fraction of sp³-hybridized carbons (Fsp3) is 0.130. The highest BCUT2D eigenvalue weighted by Crippen LogP contribution is 2.34. The molecule has 0 amide bonds.